The van der Waals surface area contributed by atoms with Gasteiger partial charge in [-0.1, -0.05) is 31.2 Å². The van der Waals surface area contributed by atoms with Crippen LogP contribution in [-0.4, -0.2) is 33.2 Å². The first kappa shape index (κ1) is 12.5. The lowest BCUT2D eigenvalue weighted by Crippen LogP contribution is -2.17. The lowest BCUT2D eigenvalue weighted by Gasteiger charge is -2.07. The van der Waals surface area contributed by atoms with Crippen molar-refractivity contribution in [3.05, 3.63) is 42.0 Å². The maximum atomic E-state index is 10.2. The number of aliphatic hydroxyl groups is 1. The van der Waals surface area contributed by atoms with Gasteiger partial charge in [-0.05, 0) is 22.9 Å². The Bertz CT molecular complexity index is 654. The number of hydrogen-bond donors (Lipinski definition) is 2. The Labute approximate surface area is 116 Å². The van der Waals surface area contributed by atoms with E-state index >= 15 is 0 Å². The molecule has 1 aliphatic heterocycles. The predicted octanol–water partition coefficient (Wildman–Crippen LogP) is 2.79. The van der Waals surface area contributed by atoms with Crippen LogP contribution in [0.3, 0.4) is 0 Å². The number of rotatable bonds is 2. The van der Waals surface area contributed by atoms with Gasteiger partial charge in [0, 0.05) is 10.8 Å². The molecular formula is C15H15NO2S. The van der Waals surface area contributed by atoms with Crippen molar-refractivity contribution in [2.75, 3.05) is 6.61 Å². The third-order valence-electron chi connectivity index (χ3n) is 3.40. The summed E-state index contributed by atoms with van der Waals surface area (Å²) in [5, 5.41) is 22.6. The second-order valence-corrected chi connectivity index (χ2v) is 6.09. The summed E-state index contributed by atoms with van der Waals surface area (Å²) in [6.07, 6.45) is 0. The van der Waals surface area contributed by atoms with E-state index in [1.165, 1.54) is 0 Å². The molecule has 98 valence electrons. The van der Waals surface area contributed by atoms with Crippen molar-refractivity contribution in [3.8, 4) is 5.75 Å². The molecule has 2 aromatic rings. The van der Waals surface area contributed by atoms with Gasteiger partial charge in [-0.25, -0.2) is 0 Å². The molecule has 0 fully saturated rings. The largest absolute Gasteiger partial charge is 0.507 e. The van der Waals surface area contributed by atoms with Gasteiger partial charge in [-0.2, -0.15) is 0 Å². The second-order valence-electron chi connectivity index (χ2n) is 4.72. The quantitative estimate of drug-likeness (QED) is 0.884. The molecule has 0 unspecified atom stereocenters. The van der Waals surface area contributed by atoms with Crippen LogP contribution in [-0.2, 0) is 0 Å². The molecule has 0 saturated heterocycles. The van der Waals surface area contributed by atoms with Crippen molar-refractivity contribution < 1.29 is 10.2 Å². The third-order valence-corrected chi connectivity index (χ3v) is 4.64. The summed E-state index contributed by atoms with van der Waals surface area (Å²) < 4.78 is 0. The van der Waals surface area contributed by atoms with Gasteiger partial charge in [0.2, 0.25) is 0 Å². The van der Waals surface area contributed by atoms with Crippen molar-refractivity contribution in [2.45, 2.75) is 18.2 Å². The molecule has 19 heavy (non-hydrogen) atoms. The minimum atomic E-state index is -0.0779. The zero-order valence-corrected chi connectivity index (χ0v) is 11.4. The highest BCUT2D eigenvalue weighted by molar-refractivity contribution is 8.15. The lowest BCUT2D eigenvalue weighted by atomic mass is 10.1. The molecule has 3 rings (SSSR count). The zero-order valence-electron chi connectivity index (χ0n) is 10.6. The average Bonchev–Trinajstić information content (AvgIpc) is 2.79. The van der Waals surface area contributed by atoms with E-state index in [1.54, 1.807) is 17.8 Å². The van der Waals surface area contributed by atoms with E-state index < -0.39 is 0 Å². The highest BCUT2D eigenvalue weighted by Crippen LogP contribution is 2.35. The van der Waals surface area contributed by atoms with E-state index in [9.17, 15) is 10.2 Å². The number of fused-ring (bicyclic) bond motifs is 1. The zero-order chi connectivity index (χ0) is 13.4. The van der Waals surface area contributed by atoms with Gasteiger partial charge in [0.25, 0.3) is 0 Å². The van der Waals surface area contributed by atoms with E-state index in [-0.39, 0.29) is 23.6 Å². The molecule has 2 N–H and O–H groups in total. The number of phenols is 1. The molecule has 0 bridgehead atoms. The van der Waals surface area contributed by atoms with Gasteiger partial charge in [-0.15, -0.1) is 11.8 Å². The Morgan fingerprint density at radius 2 is 1.89 bits per heavy atom. The summed E-state index contributed by atoms with van der Waals surface area (Å²) in [6, 6.07) is 11.6. The van der Waals surface area contributed by atoms with Crippen molar-refractivity contribution in [1.82, 2.24) is 0 Å². The van der Waals surface area contributed by atoms with Gasteiger partial charge in [-0.3, -0.25) is 4.99 Å². The second kappa shape index (κ2) is 4.87. The summed E-state index contributed by atoms with van der Waals surface area (Å²) in [7, 11) is 0. The first-order valence-electron chi connectivity index (χ1n) is 6.26. The normalized spacial score (nSPS) is 22.7. The summed E-state index contributed by atoms with van der Waals surface area (Å²) >= 11 is 1.60. The number of benzene rings is 2. The van der Waals surface area contributed by atoms with Crippen LogP contribution in [0.15, 0.2) is 41.4 Å². The number of thioether (sulfide) groups is 1. The maximum Gasteiger partial charge on any atom is 0.126 e. The van der Waals surface area contributed by atoms with Crippen LogP contribution < -0.4 is 0 Å². The standard InChI is InChI=1S/C15H15NO2S/c1-9-13(8-17)16-15(19-9)12-6-10-4-2-3-5-11(10)7-14(12)18/h2-7,9,13,17-18H,8H2,1H3/t9-,13-/m0/s1. The van der Waals surface area contributed by atoms with Crippen LogP contribution in [0.2, 0.25) is 0 Å². The van der Waals surface area contributed by atoms with E-state index in [4.69, 9.17) is 0 Å². The molecule has 2 atom stereocenters. The van der Waals surface area contributed by atoms with Gasteiger partial charge < -0.3 is 10.2 Å². The molecule has 0 saturated carbocycles. The van der Waals surface area contributed by atoms with E-state index in [1.807, 2.05) is 37.3 Å². The fourth-order valence-electron chi connectivity index (χ4n) is 2.26. The Hall–Kier alpha value is -1.52. The van der Waals surface area contributed by atoms with Crippen LogP contribution in [0.25, 0.3) is 10.8 Å². The number of aliphatic hydroxyl groups excluding tert-OH is 1. The molecule has 0 aliphatic carbocycles. The maximum absolute atomic E-state index is 10.2. The molecule has 0 aromatic heterocycles. The number of phenolic OH excluding ortho intramolecular Hbond substituents is 1. The fourth-order valence-corrected chi connectivity index (χ4v) is 3.41. The summed E-state index contributed by atoms with van der Waals surface area (Å²) in [5.74, 6) is 0.246. The van der Waals surface area contributed by atoms with E-state index in [0.29, 0.717) is 0 Å². The first-order valence-corrected chi connectivity index (χ1v) is 7.14. The molecule has 0 spiro atoms. The number of aliphatic imine (C=N–C) groups is 1. The highest BCUT2D eigenvalue weighted by atomic mass is 32.2. The van der Waals surface area contributed by atoms with Crippen LogP contribution in [0, 0.1) is 0 Å². The van der Waals surface area contributed by atoms with Crippen molar-refractivity contribution in [1.29, 1.82) is 0 Å². The third kappa shape index (κ3) is 2.22. The Balaban J connectivity index is 2.08. The van der Waals surface area contributed by atoms with Gasteiger partial charge in [0.15, 0.2) is 0 Å². The van der Waals surface area contributed by atoms with Crippen molar-refractivity contribution in [3.63, 3.8) is 0 Å². The fraction of sp³-hybridized carbons (Fsp3) is 0.267. The minimum Gasteiger partial charge on any atom is -0.507 e. The minimum absolute atomic E-state index is 0.0476. The highest BCUT2D eigenvalue weighted by Gasteiger charge is 2.27. The average molecular weight is 273 g/mol. The SMILES string of the molecule is C[C@@H]1SC(c2cc3ccccc3cc2O)=N[C@H]1CO. The number of hydrogen-bond acceptors (Lipinski definition) is 4. The monoisotopic (exact) mass is 273 g/mol. The summed E-state index contributed by atoms with van der Waals surface area (Å²) in [6.45, 7) is 2.09. The molecular weight excluding hydrogens is 258 g/mol. The van der Waals surface area contributed by atoms with Crippen LogP contribution in [0.1, 0.15) is 12.5 Å². The van der Waals surface area contributed by atoms with E-state index in [2.05, 4.69) is 4.99 Å². The van der Waals surface area contributed by atoms with Crippen molar-refractivity contribution in [2.24, 2.45) is 4.99 Å². The number of aromatic hydroxyl groups is 1. The van der Waals surface area contributed by atoms with Crippen LogP contribution >= 0.6 is 11.8 Å². The van der Waals surface area contributed by atoms with Crippen LogP contribution in [0.4, 0.5) is 0 Å². The molecule has 4 heteroatoms. The summed E-state index contributed by atoms with van der Waals surface area (Å²) in [4.78, 5) is 4.50. The Morgan fingerprint density at radius 3 is 2.53 bits per heavy atom. The van der Waals surface area contributed by atoms with Gasteiger partial charge in [0.1, 0.15) is 10.8 Å². The predicted molar refractivity (Wildman–Crippen MR) is 80.1 cm³/mol. The molecule has 0 amide bonds. The van der Waals surface area contributed by atoms with Crippen LogP contribution in [0.5, 0.6) is 5.75 Å². The van der Waals surface area contributed by atoms with E-state index in [0.717, 1.165) is 21.4 Å². The lowest BCUT2D eigenvalue weighted by molar-refractivity contribution is 0.268. The van der Waals surface area contributed by atoms with Gasteiger partial charge >= 0.3 is 0 Å². The topological polar surface area (TPSA) is 52.8 Å². The smallest absolute Gasteiger partial charge is 0.126 e. The molecule has 0 radical (unpaired) electrons. The molecule has 1 heterocycles. The number of nitrogens with zero attached hydrogens (tertiary/aromatic N) is 1. The molecule has 1 aliphatic rings. The Morgan fingerprint density at radius 1 is 1.21 bits per heavy atom. The summed E-state index contributed by atoms with van der Waals surface area (Å²) in [5.41, 5.74) is 0.756. The Kier molecular flexibility index (Phi) is 3.21. The first-order chi connectivity index (χ1) is 9.19. The molecule has 2 aromatic carbocycles. The van der Waals surface area contributed by atoms with Crippen molar-refractivity contribution >= 4 is 27.6 Å². The van der Waals surface area contributed by atoms with Gasteiger partial charge in [0.05, 0.1) is 12.6 Å². The molecule has 3 nitrogen and oxygen atoms in total.